The van der Waals surface area contributed by atoms with Crippen LogP contribution in [0, 0.1) is 0 Å². The third-order valence-corrected chi connectivity index (χ3v) is 4.83. The zero-order valence-electron chi connectivity index (χ0n) is 16.8. The number of carbonyl (C=O) groups is 2. The fourth-order valence-electron chi connectivity index (χ4n) is 3.18. The summed E-state index contributed by atoms with van der Waals surface area (Å²) in [6, 6.07) is 13.4. The molecule has 1 amide bonds. The molecular weight excluding hydrogens is 408 g/mol. The van der Waals surface area contributed by atoms with Gasteiger partial charge in [-0.3, -0.25) is 14.2 Å². The standard InChI is InChI=1S/C22H23ClN2O5/c1-14(2)29-21(27)13-17(15-7-3-4-8-16(15)23)24-20(26)11-12-25-18-9-5-6-10-19(18)30-22(25)28/h3-10,14,17H,11-13H2,1-2H3,(H,24,26). The van der Waals surface area contributed by atoms with Crippen LogP contribution >= 0.6 is 11.6 Å². The van der Waals surface area contributed by atoms with E-state index in [4.69, 9.17) is 20.8 Å². The van der Waals surface area contributed by atoms with Crippen LogP contribution in [0.3, 0.4) is 0 Å². The second kappa shape index (κ2) is 9.63. The molecule has 3 rings (SSSR count). The highest BCUT2D eigenvalue weighted by Crippen LogP contribution is 2.26. The number of nitrogens with zero attached hydrogens (tertiary/aromatic N) is 1. The summed E-state index contributed by atoms with van der Waals surface area (Å²) in [5.74, 6) is -1.28. The van der Waals surface area contributed by atoms with Crippen molar-refractivity contribution in [2.75, 3.05) is 0 Å². The molecule has 0 spiro atoms. The molecule has 0 bridgehead atoms. The number of rotatable bonds is 8. The molecule has 0 aliphatic heterocycles. The number of aromatic nitrogens is 1. The van der Waals surface area contributed by atoms with Crippen LogP contribution in [0.1, 0.15) is 38.3 Å². The van der Waals surface area contributed by atoms with Crippen LogP contribution in [-0.4, -0.2) is 22.5 Å². The van der Waals surface area contributed by atoms with E-state index in [0.29, 0.717) is 21.7 Å². The van der Waals surface area contributed by atoms with Gasteiger partial charge in [-0.15, -0.1) is 0 Å². The van der Waals surface area contributed by atoms with E-state index in [1.807, 2.05) is 0 Å². The molecular formula is C22H23ClN2O5. The number of ether oxygens (including phenoxy) is 1. The highest BCUT2D eigenvalue weighted by atomic mass is 35.5. The SMILES string of the molecule is CC(C)OC(=O)CC(NC(=O)CCn1c(=O)oc2ccccc21)c1ccccc1Cl. The number of oxazole rings is 1. The van der Waals surface area contributed by atoms with Crippen molar-refractivity contribution in [1.82, 2.24) is 9.88 Å². The topological polar surface area (TPSA) is 90.5 Å². The van der Waals surface area contributed by atoms with Crippen molar-refractivity contribution >= 4 is 34.6 Å². The Morgan fingerprint density at radius 2 is 1.83 bits per heavy atom. The molecule has 0 saturated carbocycles. The lowest BCUT2D eigenvalue weighted by atomic mass is 10.0. The molecule has 3 aromatic rings. The number of hydrogen-bond acceptors (Lipinski definition) is 5. The van der Waals surface area contributed by atoms with Gasteiger partial charge in [-0.1, -0.05) is 41.9 Å². The van der Waals surface area contributed by atoms with Gasteiger partial charge in [-0.25, -0.2) is 4.79 Å². The van der Waals surface area contributed by atoms with Crippen molar-refractivity contribution in [3.63, 3.8) is 0 Å². The Morgan fingerprint density at radius 1 is 1.13 bits per heavy atom. The number of para-hydroxylation sites is 2. The lowest BCUT2D eigenvalue weighted by Gasteiger charge is -2.20. The third kappa shape index (κ3) is 5.30. The van der Waals surface area contributed by atoms with E-state index in [1.165, 1.54) is 4.57 Å². The maximum Gasteiger partial charge on any atom is 0.419 e. The van der Waals surface area contributed by atoms with Crippen LogP contribution in [0.25, 0.3) is 11.1 Å². The van der Waals surface area contributed by atoms with Gasteiger partial charge >= 0.3 is 11.7 Å². The highest BCUT2D eigenvalue weighted by molar-refractivity contribution is 6.31. The molecule has 2 aromatic carbocycles. The Morgan fingerprint density at radius 3 is 2.57 bits per heavy atom. The molecule has 1 aromatic heterocycles. The van der Waals surface area contributed by atoms with Crippen LogP contribution in [0.15, 0.2) is 57.7 Å². The van der Waals surface area contributed by atoms with Crippen molar-refractivity contribution in [2.24, 2.45) is 0 Å². The third-order valence-electron chi connectivity index (χ3n) is 4.49. The normalized spacial score (nSPS) is 12.1. The summed E-state index contributed by atoms with van der Waals surface area (Å²) in [5.41, 5.74) is 1.71. The van der Waals surface area contributed by atoms with Gasteiger partial charge in [0.1, 0.15) is 0 Å². The smallest absolute Gasteiger partial charge is 0.419 e. The molecule has 0 fully saturated rings. The number of amides is 1. The van der Waals surface area contributed by atoms with Crippen LogP contribution in [-0.2, 0) is 20.9 Å². The van der Waals surface area contributed by atoms with Crippen molar-refractivity contribution in [1.29, 1.82) is 0 Å². The summed E-state index contributed by atoms with van der Waals surface area (Å²) in [6.07, 6.45) is -0.285. The number of hydrogen-bond donors (Lipinski definition) is 1. The highest BCUT2D eigenvalue weighted by Gasteiger charge is 2.22. The van der Waals surface area contributed by atoms with Crippen molar-refractivity contribution < 1.29 is 18.7 Å². The Kier molecular flexibility index (Phi) is 6.95. The average Bonchev–Trinajstić information content (AvgIpc) is 3.00. The number of carbonyl (C=O) groups excluding carboxylic acids is 2. The molecule has 1 N–H and O–H groups in total. The van der Waals surface area contributed by atoms with Gasteiger partial charge in [0.25, 0.3) is 0 Å². The van der Waals surface area contributed by atoms with E-state index >= 15 is 0 Å². The van der Waals surface area contributed by atoms with Crippen molar-refractivity contribution in [3.05, 3.63) is 69.7 Å². The minimum atomic E-state index is -0.643. The quantitative estimate of drug-likeness (QED) is 0.548. The summed E-state index contributed by atoms with van der Waals surface area (Å²) in [4.78, 5) is 36.9. The minimum absolute atomic E-state index is 0.0314. The number of benzene rings is 2. The van der Waals surface area contributed by atoms with Crippen molar-refractivity contribution in [3.8, 4) is 0 Å². The molecule has 7 nitrogen and oxygen atoms in total. The summed E-state index contributed by atoms with van der Waals surface area (Å²) < 4.78 is 11.8. The second-order valence-corrected chi connectivity index (χ2v) is 7.53. The maximum atomic E-state index is 12.6. The number of fused-ring (bicyclic) bond motifs is 1. The van der Waals surface area contributed by atoms with E-state index < -0.39 is 17.8 Å². The Hall–Kier alpha value is -3.06. The van der Waals surface area contributed by atoms with Gasteiger partial charge in [-0.05, 0) is 37.6 Å². The Labute approximate surface area is 178 Å². The van der Waals surface area contributed by atoms with Gasteiger partial charge in [-0.2, -0.15) is 0 Å². The molecule has 1 heterocycles. The van der Waals surface area contributed by atoms with Crippen LogP contribution in [0.5, 0.6) is 0 Å². The number of esters is 1. The Bertz CT molecular complexity index is 1100. The average molecular weight is 431 g/mol. The van der Waals surface area contributed by atoms with Gasteiger partial charge < -0.3 is 14.5 Å². The summed E-state index contributed by atoms with van der Waals surface area (Å²) >= 11 is 6.27. The first-order valence-corrected chi connectivity index (χ1v) is 10.0. The molecule has 0 aliphatic rings. The summed E-state index contributed by atoms with van der Waals surface area (Å²) in [6.45, 7) is 3.66. The van der Waals surface area contributed by atoms with Crippen LogP contribution < -0.4 is 11.1 Å². The van der Waals surface area contributed by atoms with Gasteiger partial charge in [0.05, 0.1) is 24.1 Å². The molecule has 0 aliphatic carbocycles. The fourth-order valence-corrected chi connectivity index (χ4v) is 3.45. The number of nitrogens with one attached hydrogen (secondary N) is 1. The van der Waals surface area contributed by atoms with Gasteiger partial charge in [0.2, 0.25) is 5.91 Å². The molecule has 30 heavy (non-hydrogen) atoms. The first-order chi connectivity index (χ1) is 14.3. The van der Waals surface area contributed by atoms with E-state index in [2.05, 4.69) is 5.32 Å². The minimum Gasteiger partial charge on any atom is -0.463 e. The first kappa shape index (κ1) is 21.6. The van der Waals surface area contributed by atoms with E-state index in [-0.39, 0.29) is 31.4 Å². The zero-order valence-corrected chi connectivity index (χ0v) is 17.5. The maximum absolute atomic E-state index is 12.6. The largest absolute Gasteiger partial charge is 0.463 e. The van der Waals surface area contributed by atoms with Crippen LogP contribution in [0.2, 0.25) is 5.02 Å². The number of aryl methyl sites for hydroxylation is 1. The predicted molar refractivity (Wildman–Crippen MR) is 113 cm³/mol. The van der Waals surface area contributed by atoms with Gasteiger partial charge in [0, 0.05) is 18.0 Å². The number of halogens is 1. The molecule has 1 unspecified atom stereocenters. The van der Waals surface area contributed by atoms with Crippen molar-refractivity contribution in [2.45, 2.75) is 45.4 Å². The van der Waals surface area contributed by atoms with E-state index in [9.17, 15) is 14.4 Å². The predicted octanol–water partition coefficient (Wildman–Crippen LogP) is 3.84. The summed E-state index contributed by atoms with van der Waals surface area (Å²) in [7, 11) is 0. The van der Waals surface area contributed by atoms with Crippen LogP contribution in [0.4, 0.5) is 0 Å². The molecule has 8 heteroatoms. The van der Waals surface area contributed by atoms with E-state index in [1.54, 1.807) is 62.4 Å². The lowest BCUT2D eigenvalue weighted by Crippen LogP contribution is -2.32. The monoisotopic (exact) mass is 430 g/mol. The van der Waals surface area contributed by atoms with E-state index in [0.717, 1.165) is 0 Å². The molecule has 1 atom stereocenters. The second-order valence-electron chi connectivity index (χ2n) is 7.12. The molecule has 158 valence electrons. The summed E-state index contributed by atoms with van der Waals surface area (Å²) in [5, 5.41) is 3.28. The first-order valence-electron chi connectivity index (χ1n) is 9.66. The zero-order chi connectivity index (χ0) is 21.7. The fraction of sp³-hybridized carbons (Fsp3) is 0.318. The molecule has 0 saturated heterocycles. The Balaban J connectivity index is 1.72. The molecule has 0 radical (unpaired) electrons. The van der Waals surface area contributed by atoms with Gasteiger partial charge in [0.15, 0.2) is 5.58 Å². The lowest BCUT2D eigenvalue weighted by molar-refractivity contribution is -0.148.